The van der Waals surface area contributed by atoms with Gasteiger partial charge in [-0.05, 0) is 12.1 Å². The highest BCUT2D eigenvalue weighted by Crippen LogP contribution is 2.18. The summed E-state index contributed by atoms with van der Waals surface area (Å²) in [6.07, 6.45) is 7.45. The SMILES string of the molecule is OCCn1cc(-c2ccc3ccnn3c2)cn1. The monoisotopic (exact) mass is 228 g/mol. The lowest BCUT2D eigenvalue weighted by Gasteiger charge is -1.99. The zero-order chi connectivity index (χ0) is 11.7. The molecular weight excluding hydrogens is 216 g/mol. The molecule has 0 saturated carbocycles. The molecule has 3 heterocycles. The van der Waals surface area contributed by atoms with Crippen molar-refractivity contribution in [2.45, 2.75) is 6.54 Å². The predicted molar refractivity (Wildman–Crippen MR) is 63.5 cm³/mol. The first-order valence-electron chi connectivity index (χ1n) is 5.44. The zero-order valence-electron chi connectivity index (χ0n) is 9.19. The van der Waals surface area contributed by atoms with Gasteiger partial charge in [0.2, 0.25) is 0 Å². The fourth-order valence-electron chi connectivity index (χ4n) is 1.82. The molecule has 0 atom stereocenters. The number of aromatic nitrogens is 4. The first kappa shape index (κ1) is 10.0. The molecule has 0 saturated heterocycles. The second kappa shape index (κ2) is 4.03. The lowest BCUT2D eigenvalue weighted by molar-refractivity contribution is 0.269. The van der Waals surface area contributed by atoms with Crippen molar-refractivity contribution >= 4 is 5.52 Å². The van der Waals surface area contributed by atoms with Crippen LogP contribution in [0.3, 0.4) is 0 Å². The predicted octanol–water partition coefficient (Wildman–Crippen LogP) is 1.19. The summed E-state index contributed by atoms with van der Waals surface area (Å²) in [6.45, 7) is 0.614. The van der Waals surface area contributed by atoms with E-state index in [0.717, 1.165) is 16.6 Å². The van der Waals surface area contributed by atoms with Crippen LogP contribution in [-0.4, -0.2) is 31.1 Å². The van der Waals surface area contributed by atoms with Gasteiger partial charge >= 0.3 is 0 Å². The number of nitrogens with zero attached hydrogens (tertiary/aromatic N) is 4. The van der Waals surface area contributed by atoms with Gasteiger partial charge in [0.1, 0.15) is 0 Å². The Labute approximate surface area is 97.9 Å². The maximum absolute atomic E-state index is 8.84. The number of aliphatic hydroxyl groups excluding tert-OH is 1. The van der Waals surface area contributed by atoms with Crippen LogP contribution in [0.15, 0.2) is 43.0 Å². The van der Waals surface area contributed by atoms with Crippen molar-refractivity contribution in [1.82, 2.24) is 19.4 Å². The molecule has 86 valence electrons. The summed E-state index contributed by atoms with van der Waals surface area (Å²) in [5, 5.41) is 17.2. The van der Waals surface area contributed by atoms with Crippen LogP contribution in [0.5, 0.6) is 0 Å². The molecule has 3 aromatic rings. The van der Waals surface area contributed by atoms with Gasteiger partial charge in [-0.3, -0.25) is 4.68 Å². The number of rotatable bonds is 3. The third kappa shape index (κ3) is 1.81. The number of pyridine rings is 1. The largest absolute Gasteiger partial charge is 0.394 e. The Hall–Kier alpha value is -2.14. The molecule has 0 radical (unpaired) electrons. The van der Waals surface area contributed by atoms with Gasteiger partial charge < -0.3 is 5.11 Å². The Morgan fingerprint density at radius 1 is 1.06 bits per heavy atom. The average Bonchev–Trinajstić information content (AvgIpc) is 2.96. The van der Waals surface area contributed by atoms with Crippen molar-refractivity contribution in [2.75, 3.05) is 6.61 Å². The molecule has 0 spiro atoms. The lowest BCUT2D eigenvalue weighted by atomic mass is 10.1. The van der Waals surface area contributed by atoms with Crippen LogP contribution in [0.25, 0.3) is 16.6 Å². The van der Waals surface area contributed by atoms with Crippen LogP contribution < -0.4 is 0 Å². The van der Waals surface area contributed by atoms with Crippen molar-refractivity contribution in [1.29, 1.82) is 0 Å². The molecule has 17 heavy (non-hydrogen) atoms. The van der Waals surface area contributed by atoms with Gasteiger partial charge in [0, 0.05) is 29.7 Å². The second-order valence-electron chi connectivity index (χ2n) is 3.83. The normalized spacial score (nSPS) is 11.1. The molecule has 0 bridgehead atoms. The molecule has 1 N–H and O–H groups in total. The highest BCUT2D eigenvalue weighted by atomic mass is 16.3. The van der Waals surface area contributed by atoms with Crippen LogP contribution in [0, 0.1) is 0 Å². The minimum atomic E-state index is 0.0965. The number of fused-ring (bicyclic) bond motifs is 1. The number of hydrogen-bond acceptors (Lipinski definition) is 3. The Morgan fingerprint density at radius 3 is 2.88 bits per heavy atom. The molecule has 0 fully saturated rings. The lowest BCUT2D eigenvalue weighted by Crippen LogP contribution is -2.01. The maximum atomic E-state index is 8.84. The van der Waals surface area contributed by atoms with E-state index in [2.05, 4.69) is 10.2 Å². The summed E-state index contributed by atoms with van der Waals surface area (Å²) in [6, 6.07) is 6.02. The van der Waals surface area contributed by atoms with Gasteiger partial charge in [-0.25, -0.2) is 4.52 Å². The van der Waals surface area contributed by atoms with Crippen molar-refractivity contribution < 1.29 is 5.11 Å². The molecule has 0 aliphatic heterocycles. The van der Waals surface area contributed by atoms with E-state index in [9.17, 15) is 0 Å². The topological polar surface area (TPSA) is 55.3 Å². The van der Waals surface area contributed by atoms with E-state index in [0.29, 0.717) is 6.54 Å². The van der Waals surface area contributed by atoms with Gasteiger partial charge in [-0.15, -0.1) is 0 Å². The summed E-state index contributed by atoms with van der Waals surface area (Å²) >= 11 is 0. The van der Waals surface area contributed by atoms with E-state index in [1.165, 1.54) is 0 Å². The molecule has 5 heteroatoms. The fraction of sp³-hybridized carbons (Fsp3) is 0.167. The molecule has 0 unspecified atom stereocenters. The Bertz CT molecular complexity index is 641. The van der Waals surface area contributed by atoms with Crippen molar-refractivity contribution in [2.24, 2.45) is 0 Å². The third-order valence-corrected chi connectivity index (χ3v) is 2.69. The van der Waals surface area contributed by atoms with Crippen molar-refractivity contribution in [3.05, 3.63) is 43.0 Å². The van der Waals surface area contributed by atoms with Crippen LogP contribution >= 0.6 is 0 Å². The summed E-state index contributed by atoms with van der Waals surface area (Å²) in [5.41, 5.74) is 3.15. The Balaban J connectivity index is 2.00. The van der Waals surface area contributed by atoms with Crippen LogP contribution in [-0.2, 0) is 6.54 Å². The molecule has 5 nitrogen and oxygen atoms in total. The standard InChI is InChI=1S/C12H12N4O/c17-6-5-15-8-11(7-14-15)10-1-2-12-3-4-13-16(12)9-10/h1-4,7-9,17H,5-6H2. The quantitative estimate of drug-likeness (QED) is 0.732. The van der Waals surface area contributed by atoms with Gasteiger partial charge in [0.15, 0.2) is 0 Å². The van der Waals surface area contributed by atoms with Gasteiger partial charge in [-0.1, -0.05) is 6.07 Å². The van der Waals surface area contributed by atoms with Crippen molar-refractivity contribution in [3.63, 3.8) is 0 Å². The van der Waals surface area contributed by atoms with Crippen molar-refractivity contribution in [3.8, 4) is 11.1 Å². The highest BCUT2D eigenvalue weighted by molar-refractivity contribution is 5.63. The van der Waals surface area contributed by atoms with E-state index in [4.69, 9.17) is 5.11 Å². The van der Waals surface area contributed by atoms with Crippen LogP contribution in [0.2, 0.25) is 0 Å². The minimum Gasteiger partial charge on any atom is -0.394 e. The maximum Gasteiger partial charge on any atom is 0.0661 e. The van der Waals surface area contributed by atoms with Crippen LogP contribution in [0.4, 0.5) is 0 Å². The van der Waals surface area contributed by atoms with E-state index in [1.807, 2.05) is 35.1 Å². The van der Waals surface area contributed by atoms with E-state index >= 15 is 0 Å². The minimum absolute atomic E-state index is 0.0965. The van der Waals surface area contributed by atoms with Gasteiger partial charge in [0.05, 0.1) is 24.9 Å². The van der Waals surface area contributed by atoms with E-state index in [1.54, 1.807) is 17.1 Å². The molecule has 0 aliphatic carbocycles. The highest BCUT2D eigenvalue weighted by Gasteiger charge is 2.03. The van der Waals surface area contributed by atoms with E-state index in [-0.39, 0.29) is 6.61 Å². The molecule has 0 amide bonds. The molecule has 0 aromatic carbocycles. The first-order chi connectivity index (χ1) is 8.36. The third-order valence-electron chi connectivity index (χ3n) is 2.69. The summed E-state index contributed by atoms with van der Waals surface area (Å²) < 4.78 is 3.56. The zero-order valence-corrected chi connectivity index (χ0v) is 9.19. The fourth-order valence-corrected chi connectivity index (χ4v) is 1.82. The second-order valence-corrected chi connectivity index (χ2v) is 3.83. The molecular formula is C12H12N4O. The molecule has 3 rings (SSSR count). The summed E-state index contributed by atoms with van der Waals surface area (Å²) in [7, 11) is 0. The van der Waals surface area contributed by atoms with Gasteiger partial charge in [-0.2, -0.15) is 10.2 Å². The first-order valence-corrected chi connectivity index (χ1v) is 5.44. The van der Waals surface area contributed by atoms with E-state index < -0.39 is 0 Å². The average molecular weight is 228 g/mol. The Kier molecular flexibility index (Phi) is 2.38. The summed E-state index contributed by atoms with van der Waals surface area (Å²) in [5.74, 6) is 0. The van der Waals surface area contributed by atoms with Gasteiger partial charge in [0.25, 0.3) is 0 Å². The Morgan fingerprint density at radius 2 is 2.00 bits per heavy atom. The number of hydrogen-bond donors (Lipinski definition) is 1. The molecule has 0 aliphatic rings. The smallest absolute Gasteiger partial charge is 0.0661 e. The van der Waals surface area contributed by atoms with Crippen LogP contribution in [0.1, 0.15) is 0 Å². The number of aliphatic hydroxyl groups is 1. The summed E-state index contributed by atoms with van der Waals surface area (Å²) in [4.78, 5) is 0. The molecule has 3 aromatic heterocycles.